The first-order valence-corrected chi connectivity index (χ1v) is 6.86. The molecular weight excluding hydrogens is 302 g/mol. The molecule has 2 aromatic carbocycles. The van der Waals surface area contributed by atoms with Crippen LogP contribution in [0.5, 0.6) is 11.5 Å². The number of benzene rings is 2. The van der Waals surface area contributed by atoms with Crippen molar-refractivity contribution in [1.82, 2.24) is 9.78 Å². The van der Waals surface area contributed by atoms with Crippen molar-refractivity contribution < 1.29 is 18.3 Å². The summed E-state index contributed by atoms with van der Waals surface area (Å²) in [6.45, 7) is 0. The summed E-state index contributed by atoms with van der Waals surface area (Å²) in [6.07, 6.45) is 1.55. The summed E-state index contributed by atoms with van der Waals surface area (Å²) in [5, 5.41) is 4.22. The second-order valence-corrected chi connectivity index (χ2v) is 4.79. The van der Waals surface area contributed by atoms with E-state index in [1.54, 1.807) is 42.3 Å². The largest absolute Gasteiger partial charge is 0.493 e. The lowest BCUT2D eigenvalue weighted by molar-refractivity contribution is 0.355. The highest BCUT2D eigenvalue weighted by atomic mass is 19.1. The maximum Gasteiger partial charge on any atom is 0.162 e. The molecule has 0 spiro atoms. The quantitative estimate of drug-likeness (QED) is 0.734. The number of hydrogen-bond donors (Lipinski definition) is 0. The van der Waals surface area contributed by atoms with Gasteiger partial charge in [0.15, 0.2) is 11.5 Å². The van der Waals surface area contributed by atoms with E-state index in [1.165, 1.54) is 19.2 Å². The van der Waals surface area contributed by atoms with Crippen molar-refractivity contribution >= 4 is 0 Å². The summed E-state index contributed by atoms with van der Waals surface area (Å²) >= 11 is 0. The van der Waals surface area contributed by atoms with Crippen LogP contribution in [0.25, 0.3) is 16.9 Å². The smallest absolute Gasteiger partial charge is 0.162 e. The molecular formula is C17H14F2N2O2. The molecule has 6 heteroatoms. The zero-order valence-electron chi connectivity index (χ0n) is 12.6. The fourth-order valence-corrected chi connectivity index (χ4v) is 2.37. The van der Waals surface area contributed by atoms with Crippen LogP contribution < -0.4 is 9.47 Å². The van der Waals surface area contributed by atoms with Gasteiger partial charge < -0.3 is 9.47 Å². The summed E-state index contributed by atoms with van der Waals surface area (Å²) in [7, 11) is 3.08. The van der Waals surface area contributed by atoms with Gasteiger partial charge in [0.1, 0.15) is 11.6 Å². The Morgan fingerprint density at radius 3 is 2.39 bits per heavy atom. The van der Waals surface area contributed by atoms with Gasteiger partial charge in [-0.2, -0.15) is 5.10 Å². The van der Waals surface area contributed by atoms with Crippen LogP contribution in [0.3, 0.4) is 0 Å². The molecule has 0 amide bonds. The summed E-state index contributed by atoms with van der Waals surface area (Å²) < 4.78 is 39.2. The van der Waals surface area contributed by atoms with E-state index in [0.717, 1.165) is 6.07 Å². The van der Waals surface area contributed by atoms with E-state index in [1.807, 2.05) is 0 Å². The lowest BCUT2D eigenvalue weighted by Crippen LogP contribution is -2.01. The second kappa shape index (κ2) is 6.08. The van der Waals surface area contributed by atoms with E-state index >= 15 is 0 Å². The molecule has 3 aromatic rings. The fourth-order valence-electron chi connectivity index (χ4n) is 2.37. The van der Waals surface area contributed by atoms with E-state index in [9.17, 15) is 8.78 Å². The second-order valence-electron chi connectivity index (χ2n) is 4.79. The minimum absolute atomic E-state index is 0.263. The fraction of sp³-hybridized carbons (Fsp3) is 0.118. The first-order chi connectivity index (χ1) is 11.1. The van der Waals surface area contributed by atoms with Crippen LogP contribution in [0.4, 0.5) is 8.78 Å². The molecule has 0 radical (unpaired) electrons. The van der Waals surface area contributed by atoms with Gasteiger partial charge in [0.25, 0.3) is 0 Å². The van der Waals surface area contributed by atoms with Gasteiger partial charge in [0.05, 0.1) is 31.8 Å². The zero-order valence-corrected chi connectivity index (χ0v) is 12.6. The molecule has 0 aliphatic rings. The highest BCUT2D eigenvalue weighted by Gasteiger charge is 2.14. The lowest BCUT2D eigenvalue weighted by atomic mass is 10.1. The Labute approximate surface area is 131 Å². The Kier molecular flexibility index (Phi) is 3.97. The highest BCUT2D eigenvalue weighted by Crippen LogP contribution is 2.31. The third kappa shape index (κ3) is 2.75. The predicted octanol–water partition coefficient (Wildman–Crippen LogP) is 3.83. The molecule has 4 nitrogen and oxygen atoms in total. The van der Waals surface area contributed by atoms with Crippen LogP contribution in [-0.4, -0.2) is 24.0 Å². The van der Waals surface area contributed by atoms with Crippen molar-refractivity contribution in [3.05, 3.63) is 60.3 Å². The van der Waals surface area contributed by atoms with Gasteiger partial charge >= 0.3 is 0 Å². The van der Waals surface area contributed by atoms with Crippen molar-refractivity contribution in [1.29, 1.82) is 0 Å². The van der Waals surface area contributed by atoms with Gasteiger partial charge in [-0.05, 0) is 30.3 Å². The average Bonchev–Trinajstić information content (AvgIpc) is 3.03. The van der Waals surface area contributed by atoms with Gasteiger partial charge in [-0.1, -0.05) is 0 Å². The molecule has 0 unspecified atom stereocenters. The number of nitrogens with zero attached hydrogens (tertiary/aromatic N) is 2. The van der Waals surface area contributed by atoms with E-state index in [2.05, 4.69) is 5.10 Å². The predicted molar refractivity (Wildman–Crippen MR) is 82.0 cm³/mol. The Balaban J connectivity index is 2.11. The van der Waals surface area contributed by atoms with Gasteiger partial charge in [0, 0.05) is 17.7 Å². The number of halogens is 2. The highest BCUT2D eigenvalue weighted by molar-refractivity contribution is 5.63. The summed E-state index contributed by atoms with van der Waals surface area (Å²) in [4.78, 5) is 0. The molecule has 0 aliphatic heterocycles. The van der Waals surface area contributed by atoms with Crippen LogP contribution in [-0.2, 0) is 0 Å². The minimum atomic E-state index is -0.646. The Morgan fingerprint density at radius 1 is 0.913 bits per heavy atom. The summed E-state index contributed by atoms with van der Waals surface area (Å²) in [5.74, 6) is -0.153. The first kappa shape index (κ1) is 15.0. The lowest BCUT2D eigenvalue weighted by Gasteiger charge is -2.12. The van der Waals surface area contributed by atoms with Gasteiger partial charge in [-0.25, -0.2) is 13.5 Å². The van der Waals surface area contributed by atoms with Gasteiger partial charge in [-0.15, -0.1) is 0 Å². The van der Waals surface area contributed by atoms with Crippen LogP contribution in [0, 0.1) is 11.6 Å². The van der Waals surface area contributed by atoms with Gasteiger partial charge in [0.2, 0.25) is 0 Å². The molecule has 0 bridgehead atoms. The van der Waals surface area contributed by atoms with Crippen molar-refractivity contribution in [2.24, 2.45) is 0 Å². The van der Waals surface area contributed by atoms with Crippen LogP contribution in [0.15, 0.2) is 48.7 Å². The summed E-state index contributed by atoms with van der Waals surface area (Å²) in [6, 6.07) is 10.4. The third-order valence-corrected chi connectivity index (χ3v) is 3.46. The Morgan fingerprint density at radius 2 is 1.70 bits per heavy atom. The van der Waals surface area contributed by atoms with E-state index < -0.39 is 11.6 Å². The number of methoxy groups -OCH3 is 2. The number of hydrogen-bond acceptors (Lipinski definition) is 3. The number of ether oxygens (including phenoxy) is 2. The van der Waals surface area contributed by atoms with Crippen LogP contribution >= 0.6 is 0 Å². The molecule has 0 fully saturated rings. The monoisotopic (exact) mass is 316 g/mol. The molecule has 23 heavy (non-hydrogen) atoms. The van der Waals surface area contributed by atoms with Crippen LogP contribution in [0.1, 0.15) is 0 Å². The summed E-state index contributed by atoms with van der Waals surface area (Å²) in [5.41, 5.74) is 1.44. The molecule has 118 valence electrons. The molecule has 0 N–H and O–H groups in total. The maximum absolute atomic E-state index is 14.0. The van der Waals surface area contributed by atoms with Crippen molar-refractivity contribution in [3.63, 3.8) is 0 Å². The molecule has 0 aliphatic carbocycles. The minimum Gasteiger partial charge on any atom is -0.493 e. The normalized spacial score (nSPS) is 10.6. The Bertz CT molecular complexity index is 846. The number of aromatic nitrogens is 2. The molecule has 0 saturated heterocycles. The Hall–Kier alpha value is -2.89. The topological polar surface area (TPSA) is 36.3 Å². The third-order valence-electron chi connectivity index (χ3n) is 3.46. The zero-order chi connectivity index (χ0) is 16.4. The van der Waals surface area contributed by atoms with Crippen molar-refractivity contribution in [2.45, 2.75) is 0 Å². The SMILES string of the molecule is COc1ccc(-n2nccc2-c2ccc(F)cc2F)cc1OC. The number of rotatable bonds is 4. The maximum atomic E-state index is 14.0. The van der Waals surface area contributed by atoms with E-state index in [4.69, 9.17) is 9.47 Å². The average molecular weight is 316 g/mol. The standard InChI is InChI=1S/C17H14F2N2O2/c1-22-16-6-4-12(10-17(16)23-2)21-15(7-8-20-21)13-5-3-11(18)9-14(13)19/h3-10H,1-2H3. The molecule has 0 saturated carbocycles. The van der Waals surface area contributed by atoms with Crippen LogP contribution in [0.2, 0.25) is 0 Å². The molecule has 1 aromatic heterocycles. The molecule has 1 heterocycles. The van der Waals surface area contributed by atoms with E-state index in [0.29, 0.717) is 22.9 Å². The first-order valence-electron chi connectivity index (χ1n) is 6.86. The molecule has 3 rings (SSSR count). The molecule has 0 atom stereocenters. The van der Waals surface area contributed by atoms with Crippen molar-refractivity contribution in [2.75, 3.05) is 14.2 Å². The van der Waals surface area contributed by atoms with Crippen molar-refractivity contribution in [3.8, 4) is 28.4 Å². The van der Waals surface area contributed by atoms with E-state index in [-0.39, 0.29) is 5.56 Å². The van der Waals surface area contributed by atoms with Gasteiger partial charge in [-0.3, -0.25) is 0 Å².